The number of carbonyl (C=O) groups excluding carboxylic acids is 1. The highest BCUT2D eigenvalue weighted by atomic mass is 32.1. The lowest BCUT2D eigenvalue weighted by atomic mass is 10.0. The molecule has 0 saturated carbocycles. The van der Waals surface area contributed by atoms with Crippen LogP contribution in [0.25, 0.3) is 21.1 Å². The first-order valence-electron chi connectivity index (χ1n) is 9.66. The molecule has 0 spiro atoms. The van der Waals surface area contributed by atoms with Crippen molar-refractivity contribution in [1.29, 1.82) is 0 Å². The third-order valence-electron chi connectivity index (χ3n) is 5.57. The molecule has 148 valence electrons. The Labute approximate surface area is 172 Å². The van der Waals surface area contributed by atoms with Gasteiger partial charge in [-0.05, 0) is 17.7 Å². The van der Waals surface area contributed by atoms with Crippen LogP contribution in [0.15, 0.2) is 48.8 Å². The lowest BCUT2D eigenvalue weighted by Crippen LogP contribution is -2.38. The largest absolute Gasteiger partial charge is 0.371 e. The lowest BCUT2D eigenvalue weighted by molar-refractivity contribution is -0.0321. The summed E-state index contributed by atoms with van der Waals surface area (Å²) >= 11 is 1.35. The summed E-state index contributed by atoms with van der Waals surface area (Å²) in [6, 6.07) is 12.3. The van der Waals surface area contributed by atoms with Crippen molar-refractivity contribution in [2.45, 2.75) is 12.6 Å². The molecule has 1 amide bonds. The van der Waals surface area contributed by atoms with Gasteiger partial charge in [-0.15, -0.1) is 11.3 Å². The van der Waals surface area contributed by atoms with Crippen LogP contribution in [0.4, 0.5) is 0 Å². The van der Waals surface area contributed by atoms with E-state index in [1.165, 1.54) is 27.8 Å². The van der Waals surface area contributed by atoms with Crippen molar-refractivity contribution in [2.75, 3.05) is 19.7 Å². The summed E-state index contributed by atoms with van der Waals surface area (Å²) in [5, 5.41) is 2.24. The first-order chi connectivity index (χ1) is 14.1. The van der Waals surface area contributed by atoms with Crippen molar-refractivity contribution in [3.8, 4) is 0 Å². The fourth-order valence-corrected chi connectivity index (χ4v) is 5.31. The first-order valence-corrected chi connectivity index (χ1v) is 10.5. The second-order valence-corrected chi connectivity index (χ2v) is 8.44. The van der Waals surface area contributed by atoms with Crippen LogP contribution in [0.1, 0.15) is 26.9 Å². The van der Waals surface area contributed by atoms with Gasteiger partial charge in [0.2, 0.25) is 0 Å². The number of nitrogens with zero attached hydrogens (tertiary/aromatic N) is 3. The predicted molar refractivity (Wildman–Crippen MR) is 115 cm³/mol. The van der Waals surface area contributed by atoms with Crippen molar-refractivity contribution in [3.05, 3.63) is 64.8 Å². The van der Waals surface area contributed by atoms with Crippen LogP contribution in [0.5, 0.6) is 0 Å². The van der Waals surface area contributed by atoms with Crippen molar-refractivity contribution in [2.24, 2.45) is 12.8 Å². The summed E-state index contributed by atoms with van der Waals surface area (Å²) in [5.74, 6) is -0.419. The molecule has 6 nitrogen and oxygen atoms in total. The molecule has 0 bridgehead atoms. The van der Waals surface area contributed by atoms with Crippen molar-refractivity contribution >= 4 is 38.4 Å². The van der Waals surface area contributed by atoms with Crippen molar-refractivity contribution in [1.82, 2.24) is 14.5 Å². The molecule has 0 unspecified atom stereocenters. The number of amides is 1. The minimum atomic E-state index is -0.419. The fraction of sp³-hybridized carbons (Fsp3) is 0.273. The smallest absolute Gasteiger partial charge is 0.259 e. The molecule has 1 atom stereocenters. The normalized spacial score (nSPS) is 17.9. The van der Waals surface area contributed by atoms with Gasteiger partial charge < -0.3 is 15.0 Å². The molecule has 1 fully saturated rings. The molecule has 0 aliphatic carbocycles. The Morgan fingerprint density at radius 2 is 2.10 bits per heavy atom. The highest BCUT2D eigenvalue weighted by Gasteiger charge is 2.29. The Balaban J connectivity index is 1.46. The molecule has 2 N–H and O–H groups in total. The first kappa shape index (κ1) is 18.3. The number of ether oxygens (including phenoxy) is 1. The minimum absolute atomic E-state index is 0.195. The molecule has 1 aliphatic heterocycles. The van der Waals surface area contributed by atoms with Gasteiger partial charge in [0, 0.05) is 60.9 Å². The van der Waals surface area contributed by atoms with E-state index in [1.54, 1.807) is 6.20 Å². The molecule has 1 aromatic carbocycles. The number of hydrogen-bond donors (Lipinski definition) is 1. The van der Waals surface area contributed by atoms with Crippen LogP contribution in [-0.2, 0) is 18.3 Å². The second-order valence-electron chi connectivity index (χ2n) is 7.44. The van der Waals surface area contributed by atoms with Crippen LogP contribution in [-0.4, -0.2) is 40.1 Å². The van der Waals surface area contributed by atoms with Crippen LogP contribution in [0.3, 0.4) is 0 Å². The van der Waals surface area contributed by atoms with E-state index in [9.17, 15) is 4.79 Å². The maximum atomic E-state index is 12.1. The second kappa shape index (κ2) is 7.26. The molecule has 7 heteroatoms. The number of nitrogens with two attached hydrogens (primary N) is 1. The molecule has 0 radical (unpaired) electrons. The van der Waals surface area contributed by atoms with E-state index in [-0.39, 0.29) is 6.10 Å². The average Bonchev–Trinajstić information content (AvgIpc) is 3.27. The molecular weight excluding hydrogens is 384 g/mol. The number of carbonyl (C=O) groups is 1. The summed E-state index contributed by atoms with van der Waals surface area (Å²) in [4.78, 5) is 20.3. The Kier molecular flexibility index (Phi) is 4.58. The third-order valence-corrected chi connectivity index (χ3v) is 6.72. The standard InChI is InChI=1S/C22H22N4O2S/c1-25-11-14(15-5-2-3-7-17(15)25)12-26-9-10-28-18(13-26)19-16-6-4-8-24-22(16)29-20(19)21(23)27/h2-8,11,18H,9-10,12-13H2,1H3,(H2,23,27)/t18-/m1/s1. The number of benzene rings is 1. The Hall–Kier alpha value is -2.74. The number of thiophene rings is 1. The van der Waals surface area contributed by atoms with Gasteiger partial charge in [-0.1, -0.05) is 24.3 Å². The number of hydrogen-bond acceptors (Lipinski definition) is 5. The van der Waals surface area contributed by atoms with Crippen LogP contribution in [0.2, 0.25) is 0 Å². The van der Waals surface area contributed by atoms with Gasteiger partial charge in [0.1, 0.15) is 9.71 Å². The minimum Gasteiger partial charge on any atom is -0.371 e. The SMILES string of the molecule is Cn1cc(CN2CCO[C@@H](c3c(C(N)=O)sc4ncccc34)C2)c2ccccc21. The fourth-order valence-electron chi connectivity index (χ4n) is 4.27. The number of morpholine rings is 1. The quantitative estimate of drug-likeness (QED) is 0.563. The number of pyridine rings is 1. The Morgan fingerprint density at radius 1 is 1.28 bits per heavy atom. The maximum absolute atomic E-state index is 12.1. The van der Waals surface area contributed by atoms with Crippen molar-refractivity contribution in [3.63, 3.8) is 0 Å². The van der Waals surface area contributed by atoms with E-state index in [0.717, 1.165) is 28.9 Å². The molecule has 1 saturated heterocycles. The molecule has 3 aromatic heterocycles. The third kappa shape index (κ3) is 3.21. The summed E-state index contributed by atoms with van der Waals surface area (Å²) in [6.45, 7) is 3.02. The molecule has 29 heavy (non-hydrogen) atoms. The van der Waals surface area contributed by atoms with E-state index in [1.807, 2.05) is 12.1 Å². The maximum Gasteiger partial charge on any atom is 0.259 e. The Morgan fingerprint density at radius 3 is 2.97 bits per heavy atom. The van der Waals surface area contributed by atoms with E-state index in [4.69, 9.17) is 10.5 Å². The monoisotopic (exact) mass is 406 g/mol. The number of aromatic nitrogens is 2. The van der Waals surface area contributed by atoms with Gasteiger partial charge in [-0.2, -0.15) is 0 Å². The number of primary amides is 1. The number of aryl methyl sites for hydroxylation is 1. The lowest BCUT2D eigenvalue weighted by Gasteiger charge is -2.33. The number of para-hydroxylation sites is 1. The molecule has 4 heterocycles. The zero-order valence-corrected chi connectivity index (χ0v) is 17.0. The summed E-state index contributed by atoms with van der Waals surface area (Å²) in [6.07, 6.45) is 3.75. The predicted octanol–water partition coefficient (Wildman–Crippen LogP) is 3.46. The van der Waals surface area contributed by atoms with Crippen molar-refractivity contribution < 1.29 is 9.53 Å². The van der Waals surface area contributed by atoms with E-state index in [2.05, 4.69) is 52.0 Å². The number of rotatable bonds is 4. The van der Waals surface area contributed by atoms with E-state index < -0.39 is 5.91 Å². The number of fused-ring (bicyclic) bond motifs is 2. The summed E-state index contributed by atoms with van der Waals surface area (Å²) in [7, 11) is 2.08. The molecule has 4 aromatic rings. The van der Waals surface area contributed by atoms with Crippen LogP contribution < -0.4 is 5.73 Å². The summed E-state index contributed by atoms with van der Waals surface area (Å²) < 4.78 is 8.28. The molecule has 1 aliphatic rings. The van der Waals surface area contributed by atoms with Gasteiger partial charge in [-0.25, -0.2) is 4.98 Å². The summed E-state index contributed by atoms with van der Waals surface area (Å²) in [5.41, 5.74) is 9.10. The van der Waals surface area contributed by atoms with E-state index >= 15 is 0 Å². The van der Waals surface area contributed by atoms with Crippen LogP contribution in [0, 0.1) is 0 Å². The van der Waals surface area contributed by atoms with Gasteiger partial charge >= 0.3 is 0 Å². The average molecular weight is 407 g/mol. The highest BCUT2D eigenvalue weighted by molar-refractivity contribution is 7.20. The van der Waals surface area contributed by atoms with Gasteiger partial charge in [-0.3, -0.25) is 9.69 Å². The zero-order chi connectivity index (χ0) is 20.0. The van der Waals surface area contributed by atoms with Crippen LogP contribution >= 0.6 is 11.3 Å². The zero-order valence-electron chi connectivity index (χ0n) is 16.2. The highest BCUT2D eigenvalue weighted by Crippen LogP contribution is 2.37. The molecule has 5 rings (SSSR count). The molecular formula is C22H22N4O2S. The van der Waals surface area contributed by atoms with Gasteiger partial charge in [0.05, 0.1) is 12.7 Å². The van der Waals surface area contributed by atoms with E-state index in [0.29, 0.717) is 18.0 Å². The van der Waals surface area contributed by atoms with Gasteiger partial charge in [0.25, 0.3) is 5.91 Å². The van der Waals surface area contributed by atoms with Gasteiger partial charge in [0.15, 0.2) is 0 Å². The topological polar surface area (TPSA) is 73.4 Å². The Bertz CT molecular complexity index is 1210.